The standard InChI is InChI=1S/C20H25N7/c1-13(2)10-26-11-16-7-15(26)12-27(16)20-24-18-6-4-3-5-17(18)19(25-20)23-14-8-21-22-9-14/h3-6,8-9,13,15-16H,7,10-12H2,1-2H3,(H,21,22)(H,23,24,25). The molecule has 7 nitrogen and oxygen atoms in total. The SMILES string of the molecule is CC(C)CN1CC2CC1CN2c1nc(Nc2cn[nH]c2)c2ccccc2n1. The fraction of sp³-hybridized carbons (Fsp3) is 0.450. The lowest BCUT2D eigenvalue weighted by atomic mass is 10.2. The molecule has 2 saturated heterocycles. The first-order valence-corrected chi connectivity index (χ1v) is 9.70. The maximum atomic E-state index is 4.91. The van der Waals surface area contributed by atoms with Crippen LogP contribution in [0.1, 0.15) is 20.3 Å². The zero-order valence-corrected chi connectivity index (χ0v) is 15.8. The van der Waals surface area contributed by atoms with Gasteiger partial charge in [-0.05, 0) is 24.5 Å². The van der Waals surface area contributed by atoms with Gasteiger partial charge in [-0.25, -0.2) is 4.98 Å². The fourth-order valence-corrected chi connectivity index (χ4v) is 4.43. The van der Waals surface area contributed by atoms with Gasteiger partial charge in [-0.1, -0.05) is 26.0 Å². The number of anilines is 3. The van der Waals surface area contributed by atoms with Crippen LogP contribution in [-0.4, -0.2) is 56.8 Å². The average molecular weight is 363 g/mol. The summed E-state index contributed by atoms with van der Waals surface area (Å²) in [5.74, 6) is 2.37. The monoisotopic (exact) mass is 363 g/mol. The number of aromatic amines is 1. The number of nitrogens with zero attached hydrogens (tertiary/aromatic N) is 5. The number of H-pyrrole nitrogens is 1. The zero-order valence-electron chi connectivity index (χ0n) is 15.8. The Hall–Kier alpha value is -2.67. The number of aromatic nitrogens is 4. The number of para-hydroxylation sites is 1. The first-order chi connectivity index (χ1) is 13.2. The van der Waals surface area contributed by atoms with Crippen LogP contribution < -0.4 is 10.2 Å². The predicted molar refractivity (Wildman–Crippen MR) is 107 cm³/mol. The third kappa shape index (κ3) is 3.02. The Labute approximate surface area is 158 Å². The molecule has 1 aromatic carbocycles. The Morgan fingerprint density at radius 2 is 2.07 bits per heavy atom. The van der Waals surface area contributed by atoms with Crippen molar-refractivity contribution >= 4 is 28.4 Å². The second-order valence-corrected chi connectivity index (χ2v) is 8.04. The lowest BCUT2D eigenvalue weighted by Crippen LogP contribution is -2.48. The van der Waals surface area contributed by atoms with Gasteiger partial charge in [0.2, 0.25) is 5.95 Å². The van der Waals surface area contributed by atoms with Crippen molar-refractivity contribution in [1.29, 1.82) is 0 Å². The highest BCUT2D eigenvalue weighted by Gasteiger charge is 2.44. The molecule has 7 heteroatoms. The van der Waals surface area contributed by atoms with Gasteiger partial charge in [-0.3, -0.25) is 10.00 Å². The summed E-state index contributed by atoms with van der Waals surface area (Å²) in [5, 5.41) is 11.3. The molecule has 2 aliphatic heterocycles. The van der Waals surface area contributed by atoms with Gasteiger partial charge in [0.05, 0.1) is 17.4 Å². The van der Waals surface area contributed by atoms with Crippen LogP contribution in [0.15, 0.2) is 36.7 Å². The minimum absolute atomic E-state index is 0.511. The molecule has 5 rings (SSSR count). The summed E-state index contributed by atoms with van der Waals surface area (Å²) < 4.78 is 0. The van der Waals surface area contributed by atoms with Gasteiger partial charge in [0.15, 0.2) is 0 Å². The third-order valence-electron chi connectivity index (χ3n) is 5.56. The van der Waals surface area contributed by atoms with E-state index in [-0.39, 0.29) is 0 Å². The molecule has 2 aliphatic rings. The van der Waals surface area contributed by atoms with Crippen molar-refractivity contribution < 1.29 is 0 Å². The van der Waals surface area contributed by atoms with E-state index in [1.54, 1.807) is 6.20 Å². The predicted octanol–water partition coefficient (Wildman–Crippen LogP) is 3.02. The summed E-state index contributed by atoms with van der Waals surface area (Å²) in [6.45, 7) is 7.90. The van der Waals surface area contributed by atoms with Crippen molar-refractivity contribution in [3.05, 3.63) is 36.7 Å². The third-order valence-corrected chi connectivity index (χ3v) is 5.56. The van der Waals surface area contributed by atoms with Gasteiger partial charge in [0, 0.05) is 43.3 Å². The van der Waals surface area contributed by atoms with Crippen molar-refractivity contribution in [3.8, 4) is 0 Å². The molecule has 140 valence electrons. The fourth-order valence-electron chi connectivity index (χ4n) is 4.43. The van der Waals surface area contributed by atoms with Crippen molar-refractivity contribution in [3.63, 3.8) is 0 Å². The maximum Gasteiger partial charge on any atom is 0.228 e. The van der Waals surface area contributed by atoms with Crippen molar-refractivity contribution in [2.75, 3.05) is 29.9 Å². The van der Waals surface area contributed by atoms with E-state index in [9.17, 15) is 0 Å². The van der Waals surface area contributed by atoms with Crippen LogP contribution in [0.25, 0.3) is 10.9 Å². The first kappa shape index (κ1) is 16.5. The molecule has 2 bridgehead atoms. The lowest BCUT2D eigenvalue weighted by Gasteiger charge is -2.35. The average Bonchev–Trinajstić information content (AvgIpc) is 3.38. The molecular weight excluding hydrogens is 338 g/mol. The quantitative estimate of drug-likeness (QED) is 0.726. The van der Waals surface area contributed by atoms with E-state index in [4.69, 9.17) is 9.97 Å². The molecule has 27 heavy (non-hydrogen) atoms. The van der Waals surface area contributed by atoms with E-state index in [0.29, 0.717) is 18.0 Å². The summed E-state index contributed by atoms with van der Waals surface area (Å²) in [6, 6.07) is 9.30. The van der Waals surface area contributed by atoms with E-state index < -0.39 is 0 Å². The number of piperazine rings is 1. The molecule has 0 amide bonds. The number of hydrogen-bond donors (Lipinski definition) is 2. The van der Waals surface area contributed by atoms with Crippen molar-refractivity contribution in [2.24, 2.45) is 5.92 Å². The first-order valence-electron chi connectivity index (χ1n) is 9.70. The molecular formula is C20H25N7. The number of hydrogen-bond acceptors (Lipinski definition) is 6. The normalized spacial score (nSPS) is 22.3. The summed E-state index contributed by atoms with van der Waals surface area (Å²) in [5.41, 5.74) is 1.87. The summed E-state index contributed by atoms with van der Waals surface area (Å²) in [4.78, 5) is 14.8. The Morgan fingerprint density at radius 3 is 2.81 bits per heavy atom. The van der Waals surface area contributed by atoms with Gasteiger partial charge >= 0.3 is 0 Å². The summed E-state index contributed by atoms with van der Waals surface area (Å²) in [7, 11) is 0. The van der Waals surface area contributed by atoms with Gasteiger partial charge in [0.1, 0.15) is 5.82 Å². The van der Waals surface area contributed by atoms with E-state index in [0.717, 1.165) is 41.4 Å². The van der Waals surface area contributed by atoms with Gasteiger partial charge in [-0.2, -0.15) is 10.1 Å². The highest BCUT2D eigenvalue weighted by Crippen LogP contribution is 2.35. The second kappa shape index (κ2) is 6.49. The highest BCUT2D eigenvalue weighted by molar-refractivity contribution is 5.91. The Morgan fingerprint density at radius 1 is 1.19 bits per heavy atom. The molecule has 3 aromatic rings. The minimum atomic E-state index is 0.511. The van der Waals surface area contributed by atoms with Crippen LogP contribution in [-0.2, 0) is 0 Å². The molecule has 0 radical (unpaired) electrons. The second-order valence-electron chi connectivity index (χ2n) is 8.04. The number of rotatable bonds is 5. The van der Waals surface area contributed by atoms with Crippen LogP contribution >= 0.6 is 0 Å². The summed E-state index contributed by atoms with van der Waals surface area (Å²) in [6.07, 6.45) is 4.81. The van der Waals surface area contributed by atoms with Gasteiger partial charge in [-0.15, -0.1) is 0 Å². The molecule has 4 heterocycles. The van der Waals surface area contributed by atoms with Gasteiger partial charge in [0.25, 0.3) is 0 Å². The van der Waals surface area contributed by atoms with Crippen LogP contribution in [0, 0.1) is 5.92 Å². The molecule has 0 saturated carbocycles. The molecule has 2 N–H and O–H groups in total. The van der Waals surface area contributed by atoms with Crippen LogP contribution in [0.2, 0.25) is 0 Å². The maximum absolute atomic E-state index is 4.91. The van der Waals surface area contributed by atoms with Crippen LogP contribution in [0.5, 0.6) is 0 Å². The molecule has 2 atom stereocenters. The Kier molecular flexibility index (Phi) is 3.97. The Bertz CT molecular complexity index is 937. The zero-order chi connectivity index (χ0) is 18.4. The van der Waals surface area contributed by atoms with Crippen LogP contribution in [0.3, 0.4) is 0 Å². The van der Waals surface area contributed by atoms with Crippen LogP contribution in [0.4, 0.5) is 17.5 Å². The summed E-state index contributed by atoms with van der Waals surface area (Å²) >= 11 is 0. The molecule has 2 fully saturated rings. The number of benzene rings is 1. The molecule has 2 aromatic heterocycles. The highest BCUT2D eigenvalue weighted by atomic mass is 15.4. The van der Waals surface area contributed by atoms with Gasteiger partial charge < -0.3 is 10.2 Å². The molecule has 2 unspecified atom stereocenters. The minimum Gasteiger partial charge on any atom is -0.337 e. The smallest absolute Gasteiger partial charge is 0.228 e. The molecule has 0 aliphatic carbocycles. The molecule has 0 spiro atoms. The van der Waals surface area contributed by atoms with E-state index in [1.165, 1.54) is 13.0 Å². The number of fused-ring (bicyclic) bond motifs is 3. The topological polar surface area (TPSA) is 73.0 Å². The van der Waals surface area contributed by atoms with E-state index in [1.807, 2.05) is 18.3 Å². The number of likely N-dealkylation sites (tertiary alicyclic amines) is 1. The van der Waals surface area contributed by atoms with E-state index >= 15 is 0 Å². The van der Waals surface area contributed by atoms with E-state index in [2.05, 4.69) is 51.3 Å². The largest absolute Gasteiger partial charge is 0.337 e. The Balaban J connectivity index is 1.46. The van der Waals surface area contributed by atoms with Crippen molar-refractivity contribution in [1.82, 2.24) is 25.1 Å². The van der Waals surface area contributed by atoms with Crippen molar-refractivity contribution in [2.45, 2.75) is 32.4 Å². The number of nitrogens with one attached hydrogen (secondary N) is 2. The lowest BCUT2D eigenvalue weighted by molar-refractivity contribution is 0.213.